The maximum absolute atomic E-state index is 13.4. The highest BCUT2D eigenvalue weighted by atomic mass is 35.5. The molecular formula is C10H4Cl2F4O2. The van der Waals surface area contributed by atoms with Crippen LogP contribution in [0.15, 0.2) is 0 Å². The Hall–Kier alpha value is -1.14. The van der Waals surface area contributed by atoms with E-state index in [1.807, 2.05) is 0 Å². The molecule has 0 radical (unpaired) electrons. The van der Waals surface area contributed by atoms with E-state index in [0.717, 1.165) is 0 Å². The summed E-state index contributed by atoms with van der Waals surface area (Å²) in [6.07, 6.45) is -1.78. The summed E-state index contributed by atoms with van der Waals surface area (Å²) in [7, 11) is 0. The van der Waals surface area contributed by atoms with Crippen molar-refractivity contribution in [1.29, 1.82) is 0 Å². The first-order valence-corrected chi connectivity index (χ1v) is 5.21. The summed E-state index contributed by atoms with van der Waals surface area (Å²) in [4.78, 5) is 21.3. The molecule has 0 fully saturated rings. The molecule has 0 spiro atoms. The van der Waals surface area contributed by atoms with Gasteiger partial charge in [0.15, 0.2) is 23.3 Å². The Bertz CT molecular complexity index is 484. The highest BCUT2D eigenvalue weighted by Crippen LogP contribution is 2.26. The van der Waals surface area contributed by atoms with Crippen molar-refractivity contribution in [2.75, 3.05) is 0 Å². The maximum Gasteiger partial charge on any atom is 0.226 e. The number of benzene rings is 1. The van der Waals surface area contributed by atoms with Crippen LogP contribution in [-0.4, -0.2) is 10.5 Å². The average Bonchev–Trinajstić information content (AvgIpc) is 2.27. The molecule has 0 bridgehead atoms. The van der Waals surface area contributed by atoms with Crippen molar-refractivity contribution >= 4 is 33.7 Å². The second-order valence-electron chi connectivity index (χ2n) is 3.28. The van der Waals surface area contributed by atoms with Crippen molar-refractivity contribution < 1.29 is 27.2 Å². The number of hydrogen-bond acceptors (Lipinski definition) is 2. The molecule has 0 heterocycles. The molecule has 0 N–H and O–H groups in total. The smallest absolute Gasteiger partial charge is 0.226 e. The molecule has 0 atom stereocenters. The normalized spacial score (nSPS) is 10.6. The lowest BCUT2D eigenvalue weighted by molar-refractivity contribution is -0.112. The Kier molecular flexibility index (Phi) is 4.70. The van der Waals surface area contributed by atoms with Crippen molar-refractivity contribution in [2.24, 2.45) is 0 Å². The van der Waals surface area contributed by atoms with Gasteiger partial charge in [0.05, 0.1) is 12.8 Å². The number of rotatable bonds is 4. The lowest BCUT2D eigenvalue weighted by Crippen LogP contribution is -2.13. The van der Waals surface area contributed by atoms with Crippen LogP contribution >= 0.6 is 23.2 Å². The predicted molar refractivity (Wildman–Crippen MR) is 55.4 cm³/mol. The third-order valence-electron chi connectivity index (χ3n) is 2.10. The Morgan fingerprint density at radius 3 is 1.22 bits per heavy atom. The van der Waals surface area contributed by atoms with Crippen LogP contribution in [0.1, 0.15) is 11.1 Å². The van der Waals surface area contributed by atoms with Crippen molar-refractivity contribution in [3.8, 4) is 0 Å². The fourth-order valence-corrected chi connectivity index (χ4v) is 1.64. The van der Waals surface area contributed by atoms with Gasteiger partial charge in [-0.25, -0.2) is 17.6 Å². The van der Waals surface area contributed by atoms with E-state index >= 15 is 0 Å². The van der Waals surface area contributed by atoms with Crippen LogP contribution in [-0.2, 0) is 22.4 Å². The fourth-order valence-electron chi connectivity index (χ4n) is 1.37. The largest absolute Gasteiger partial charge is 0.281 e. The highest BCUT2D eigenvalue weighted by Gasteiger charge is 2.26. The molecule has 0 aliphatic carbocycles. The van der Waals surface area contributed by atoms with Gasteiger partial charge in [-0.3, -0.25) is 9.59 Å². The fraction of sp³-hybridized carbons (Fsp3) is 0.200. The van der Waals surface area contributed by atoms with Crippen LogP contribution in [0.2, 0.25) is 0 Å². The second-order valence-corrected chi connectivity index (χ2v) is 4.12. The molecule has 0 aromatic heterocycles. The minimum Gasteiger partial charge on any atom is -0.281 e. The summed E-state index contributed by atoms with van der Waals surface area (Å²) in [6, 6.07) is 0. The molecule has 0 saturated carbocycles. The third-order valence-corrected chi connectivity index (χ3v) is 2.37. The minimum absolute atomic E-state index is 0.819. The van der Waals surface area contributed by atoms with Crippen molar-refractivity contribution in [3.63, 3.8) is 0 Å². The molecule has 1 aromatic carbocycles. The Morgan fingerprint density at radius 2 is 1.00 bits per heavy atom. The van der Waals surface area contributed by atoms with E-state index in [4.69, 9.17) is 23.2 Å². The summed E-state index contributed by atoms with van der Waals surface area (Å²) in [5.74, 6) is -7.69. The van der Waals surface area contributed by atoms with Crippen LogP contribution in [0.4, 0.5) is 17.6 Å². The van der Waals surface area contributed by atoms with Gasteiger partial charge in [0.2, 0.25) is 10.5 Å². The zero-order valence-corrected chi connectivity index (χ0v) is 10.0. The molecular weight excluding hydrogens is 299 g/mol. The SMILES string of the molecule is O=C(Cl)Cc1c(F)c(F)c(F)c(F)c1CC(=O)Cl. The lowest BCUT2D eigenvalue weighted by atomic mass is 10.0. The van der Waals surface area contributed by atoms with Gasteiger partial charge >= 0.3 is 0 Å². The van der Waals surface area contributed by atoms with Gasteiger partial charge in [0.25, 0.3) is 0 Å². The highest BCUT2D eigenvalue weighted by molar-refractivity contribution is 6.64. The van der Waals surface area contributed by atoms with Crippen LogP contribution < -0.4 is 0 Å². The van der Waals surface area contributed by atoms with E-state index in [2.05, 4.69) is 0 Å². The number of halogens is 6. The molecule has 1 aromatic rings. The van der Waals surface area contributed by atoms with Crippen molar-refractivity contribution in [1.82, 2.24) is 0 Å². The monoisotopic (exact) mass is 302 g/mol. The summed E-state index contributed by atoms with van der Waals surface area (Å²) < 4.78 is 52.6. The van der Waals surface area contributed by atoms with Gasteiger partial charge < -0.3 is 0 Å². The Morgan fingerprint density at radius 1 is 0.722 bits per heavy atom. The molecule has 18 heavy (non-hydrogen) atoms. The molecule has 8 heteroatoms. The number of carbonyl (C=O) groups is 2. The first kappa shape index (κ1) is 14.9. The summed E-state index contributed by atoms with van der Waals surface area (Å²) in [5.41, 5.74) is -1.64. The predicted octanol–water partition coefficient (Wildman–Crippen LogP) is 2.86. The van der Waals surface area contributed by atoms with E-state index in [9.17, 15) is 27.2 Å². The van der Waals surface area contributed by atoms with E-state index in [0.29, 0.717) is 0 Å². The summed E-state index contributed by atoms with van der Waals surface area (Å²) in [6.45, 7) is 0. The topological polar surface area (TPSA) is 34.1 Å². The molecule has 0 amide bonds. The van der Waals surface area contributed by atoms with Gasteiger partial charge in [0.1, 0.15) is 0 Å². The van der Waals surface area contributed by atoms with Gasteiger partial charge in [-0.05, 0) is 23.2 Å². The van der Waals surface area contributed by atoms with Crippen LogP contribution in [0.25, 0.3) is 0 Å². The zero-order valence-electron chi connectivity index (χ0n) is 8.50. The quantitative estimate of drug-likeness (QED) is 0.371. The second kappa shape index (κ2) is 5.67. The van der Waals surface area contributed by atoms with E-state index < -0.39 is 57.7 Å². The standard InChI is InChI=1S/C10H4Cl2F4O2/c11-5(17)1-3-4(2-6(12)18)8(14)10(16)9(15)7(3)13/h1-2H2. The average molecular weight is 303 g/mol. The van der Waals surface area contributed by atoms with Gasteiger partial charge in [-0.15, -0.1) is 0 Å². The molecule has 1 rings (SSSR count). The first-order chi connectivity index (χ1) is 8.25. The minimum atomic E-state index is -2.08. The summed E-state index contributed by atoms with van der Waals surface area (Å²) in [5, 5.41) is -2.25. The molecule has 0 saturated heterocycles. The lowest BCUT2D eigenvalue weighted by Gasteiger charge is -2.10. The number of carbonyl (C=O) groups excluding carboxylic acids is 2. The molecule has 0 unspecified atom stereocenters. The zero-order chi connectivity index (χ0) is 14.0. The molecule has 0 aliphatic rings. The summed E-state index contributed by atoms with van der Waals surface area (Å²) >= 11 is 9.95. The van der Waals surface area contributed by atoms with Gasteiger partial charge in [0, 0.05) is 11.1 Å². The Labute approximate surface area is 108 Å². The van der Waals surface area contributed by atoms with E-state index in [1.165, 1.54) is 0 Å². The van der Waals surface area contributed by atoms with E-state index in [1.54, 1.807) is 0 Å². The third kappa shape index (κ3) is 3.00. The first-order valence-electron chi connectivity index (χ1n) is 4.46. The maximum atomic E-state index is 13.4. The van der Waals surface area contributed by atoms with Crippen molar-refractivity contribution in [2.45, 2.75) is 12.8 Å². The molecule has 98 valence electrons. The van der Waals surface area contributed by atoms with Crippen LogP contribution in [0.3, 0.4) is 0 Å². The van der Waals surface area contributed by atoms with Gasteiger partial charge in [-0.1, -0.05) is 0 Å². The van der Waals surface area contributed by atoms with Gasteiger partial charge in [-0.2, -0.15) is 0 Å². The number of hydrogen-bond donors (Lipinski definition) is 0. The van der Waals surface area contributed by atoms with E-state index in [-0.39, 0.29) is 0 Å². The Balaban J connectivity index is 3.52. The van der Waals surface area contributed by atoms with Crippen molar-refractivity contribution in [3.05, 3.63) is 34.4 Å². The van der Waals surface area contributed by atoms with Crippen LogP contribution in [0, 0.1) is 23.3 Å². The van der Waals surface area contributed by atoms with Crippen LogP contribution in [0.5, 0.6) is 0 Å². The molecule has 0 aliphatic heterocycles. The molecule has 2 nitrogen and oxygen atoms in total.